The zero-order chi connectivity index (χ0) is 46.1. The first-order chi connectivity index (χ1) is 30.8. The lowest BCUT2D eigenvalue weighted by Crippen LogP contribution is -2.30. The zero-order valence-electron chi connectivity index (χ0n) is 43.2. The second-order valence-electron chi connectivity index (χ2n) is 20.1. The van der Waals surface area contributed by atoms with Crippen molar-refractivity contribution in [3.63, 3.8) is 0 Å². The van der Waals surface area contributed by atoms with E-state index in [0.29, 0.717) is 19.3 Å². The van der Waals surface area contributed by atoms with E-state index in [-0.39, 0.29) is 31.1 Å². The van der Waals surface area contributed by atoms with Crippen LogP contribution in [0.4, 0.5) is 0 Å². The molecule has 0 spiro atoms. The summed E-state index contributed by atoms with van der Waals surface area (Å²) in [5.41, 5.74) is 0. The Balaban J connectivity index is 4.27. The molecule has 0 heterocycles. The molecule has 0 fully saturated rings. The van der Waals surface area contributed by atoms with Crippen molar-refractivity contribution in [2.75, 3.05) is 13.2 Å². The van der Waals surface area contributed by atoms with Crippen LogP contribution in [0.25, 0.3) is 0 Å². The maximum atomic E-state index is 12.8. The normalized spacial score (nSPS) is 12.9. The van der Waals surface area contributed by atoms with E-state index < -0.39 is 6.10 Å². The first kappa shape index (κ1) is 61.4. The van der Waals surface area contributed by atoms with Gasteiger partial charge in [0.25, 0.3) is 0 Å². The Morgan fingerprint density at radius 1 is 0.317 bits per heavy atom. The molecule has 6 heteroatoms. The van der Waals surface area contributed by atoms with E-state index in [2.05, 4.69) is 34.6 Å². The van der Waals surface area contributed by atoms with Crippen molar-refractivity contribution in [1.29, 1.82) is 0 Å². The largest absolute Gasteiger partial charge is 0.462 e. The van der Waals surface area contributed by atoms with Crippen LogP contribution in [0.5, 0.6) is 0 Å². The molecule has 0 aromatic carbocycles. The fourth-order valence-corrected chi connectivity index (χ4v) is 8.63. The maximum Gasteiger partial charge on any atom is 0.306 e. The van der Waals surface area contributed by atoms with Gasteiger partial charge in [-0.1, -0.05) is 279 Å². The standard InChI is InChI=1S/C57H110O6/c1-6-9-10-11-12-13-14-15-16-17-18-19-20-21-22-26-32-37-42-47-55(58)61-50-54(63-57(60)49-44-39-34-29-28-31-36-41-46-53(5)8-3)51-62-56(59)48-43-38-33-27-24-23-25-30-35-40-45-52(4)7-2/h52-54H,6-51H2,1-5H3/t52?,53?,54-/m1/s1. The predicted octanol–water partition coefficient (Wildman–Crippen LogP) is 18.5. The molecule has 0 saturated carbocycles. The zero-order valence-corrected chi connectivity index (χ0v) is 43.2. The second kappa shape index (κ2) is 49.8. The molecule has 0 aliphatic heterocycles. The summed E-state index contributed by atoms with van der Waals surface area (Å²) in [6, 6.07) is 0. The smallest absolute Gasteiger partial charge is 0.306 e. The third kappa shape index (κ3) is 48.2. The van der Waals surface area contributed by atoms with Crippen molar-refractivity contribution in [2.45, 2.75) is 323 Å². The van der Waals surface area contributed by atoms with Gasteiger partial charge in [0.15, 0.2) is 6.10 Å². The maximum absolute atomic E-state index is 12.8. The average Bonchev–Trinajstić information content (AvgIpc) is 3.28. The quantitative estimate of drug-likeness (QED) is 0.0344. The summed E-state index contributed by atoms with van der Waals surface area (Å²) in [7, 11) is 0. The monoisotopic (exact) mass is 891 g/mol. The molecule has 374 valence electrons. The van der Waals surface area contributed by atoms with E-state index in [9.17, 15) is 14.4 Å². The first-order valence-corrected chi connectivity index (χ1v) is 28.3. The Kier molecular flexibility index (Phi) is 48.6. The van der Waals surface area contributed by atoms with Gasteiger partial charge in [-0.15, -0.1) is 0 Å². The van der Waals surface area contributed by atoms with E-state index in [4.69, 9.17) is 14.2 Å². The van der Waals surface area contributed by atoms with Crippen LogP contribution < -0.4 is 0 Å². The van der Waals surface area contributed by atoms with Gasteiger partial charge in [0.05, 0.1) is 0 Å². The second-order valence-corrected chi connectivity index (χ2v) is 20.1. The molecule has 2 unspecified atom stereocenters. The molecular weight excluding hydrogens is 781 g/mol. The first-order valence-electron chi connectivity index (χ1n) is 28.3. The minimum Gasteiger partial charge on any atom is -0.462 e. The van der Waals surface area contributed by atoms with Crippen molar-refractivity contribution >= 4 is 17.9 Å². The number of rotatable bonds is 51. The van der Waals surface area contributed by atoms with Crippen molar-refractivity contribution in [1.82, 2.24) is 0 Å². The van der Waals surface area contributed by atoms with E-state index in [0.717, 1.165) is 69.6 Å². The minimum atomic E-state index is -0.763. The summed E-state index contributed by atoms with van der Waals surface area (Å²) < 4.78 is 16.9. The lowest BCUT2D eigenvalue weighted by molar-refractivity contribution is -0.167. The van der Waals surface area contributed by atoms with Crippen LogP contribution in [0.1, 0.15) is 317 Å². The highest BCUT2D eigenvalue weighted by molar-refractivity contribution is 5.71. The Morgan fingerprint density at radius 2 is 0.556 bits per heavy atom. The van der Waals surface area contributed by atoms with Crippen LogP contribution in [0.15, 0.2) is 0 Å². The van der Waals surface area contributed by atoms with Gasteiger partial charge >= 0.3 is 17.9 Å². The number of ether oxygens (including phenoxy) is 3. The molecule has 0 rings (SSSR count). The molecule has 0 aromatic rings. The molecule has 0 saturated heterocycles. The Hall–Kier alpha value is -1.59. The minimum absolute atomic E-state index is 0.0636. The van der Waals surface area contributed by atoms with Crippen LogP contribution in [0.2, 0.25) is 0 Å². The van der Waals surface area contributed by atoms with Crippen molar-refractivity contribution in [3.8, 4) is 0 Å². The highest BCUT2D eigenvalue weighted by atomic mass is 16.6. The van der Waals surface area contributed by atoms with Crippen molar-refractivity contribution in [2.24, 2.45) is 11.8 Å². The van der Waals surface area contributed by atoms with Gasteiger partial charge in [-0.3, -0.25) is 14.4 Å². The van der Waals surface area contributed by atoms with Gasteiger partial charge in [-0.05, 0) is 31.1 Å². The van der Waals surface area contributed by atoms with Gasteiger partial charge in [-0.2, -0.15) is 0 Å². The van der Waals surface area contributed by atoms with Crippen LogP contribution in [0.3, 0.4) is 0 Å². The summed E-state index contributed by atoms with van der Waals surface area (Å²) in [4.78, 5) is 38.1. The Morgan fingerprint density at radius 3 is 0.825 bits per heavy atom. The third-order valence-corrected chi connectivity index (χ3v) is 13.7. The van der Waals surface area contributed by atoms with Crippen LogP contribution in [0, 0.1) is 11.8 Å². The number of esters is 3. The number of carbonyl (C=O) groups is 3. The SMILES string of the molecule is CCCCCCCCCCCCCCCCCCCCCC(=O)OC[C@H](COC(=O)CCCCCCCCCCCCC(C)CC)OC(=O)CCCCCCCCCCC(C)CC. The predicted molar refractivity (Wildman–Crippen MR) is 270 cm³/mol. The van der Waals surface area contributed by atoms with E-state index >= 15 is 0 Å². The Bertz CT molecular complexity index is 966. The fourth-order valence-electron chi connectivity index (χ4n) is 8.63. The average molecular weight is 892 g/mol. The molecule has 3 atom stereocenters. The lowest BCUT2D eigenvalue weighted by atomic mass is 9.99. The molecule has 0 aliphatic carbocycles. The Labute approximate surface area is 393 Å². The van der Waals surface area contributed by atoms with Gasteiger partial charge < -0.3 is 14.2 Å². The van der Waals surface area contributed by atoms with E-state index in [1.54, 1.807) is 0 Å². The molecule has 0 bridgehead atoms. The van der Waals surface area contributed by atoms with E-state index in [1.165, 1.54) is 205 Å². The highest BCUT2D eigenvalue weighted by Crippen LogP contribution is 2.19. The number of unbranched alkanes of at least 4 members (excludes halogenated alkanes) is 34. The molecule has 0 radical (unpaired) electrons. The molecule has 0 aliphatic rings. The topological polar surface area (TPSA) is 78.9 Å². The summed E-state index contributed by atoms with van der Waals surface area (Å²) in [6.07, 6.45) is 52.3. The molecule has 6 nitrogen and oxygen atoms in total. The van der Waals surface area contributed by atoms with E-state index in [1.807, 2.05) is 0 Å². The molecule has 0 aromatic heterocycles. The van der Waals surface area contributed by atoms with Gasteiger partial charge in [0.1, 0.15) is 13.2 Å². The van der Waals surface area contributed by atoms with Gasteiger partial charge in [0, 0.05) is 19.3 Å². The molecule has 0 amide bonds. The number of carbonyl (C=O) groups excluding carboxylic acids is 3. The van der Waals surface area contributed by atoms with Crippen LogP contribution in [-0.4, -0.2) is 37.2 Å². The number of hydrogen-bond acceptors (Lipinski definition) is 6. The third-order valence-electron chi connectivity index (χ3n) is 13.7. The molecule has 0 N–H and O–H groups in total. The van der Waals surface area contributed by atoms with Gasteiger partial charge in [0.2, 0.25) is 0 Å². The van der Waals surface area contributed by atoms with Crippen molar-refractivity contribution < 1.29 is 28.6 Å². The summed E-state index contributed by atoms with van der Waals surface area (Å²) in [5, 5.41) is 0. The summed E-state index contributed by atoms with van der Waals surface area (Å²) in [5.74, 6) is 0.869. The molecular formula is C57H110O6. The van der Waals surface area contributed by atoms with Crippen LogP contribution in [-0.2, 0) is 28.6 Å². The van der Waals surface area contributed by atoms with Gasteiger partial charge in [-0.25, -0.2) is 0 Å². The summed E-state index contributed by atoms with van der Waals surface area (Å²) >= 11 is 0. The molecule has 63 heavy (non-hydrogen) atoms. The number of hydrogen-bond donors (Lipinski definition) is 0. The van der Waals surface area contributed by atoms with Crippen molar-refractivity contribution in [3.05, 3.63) is 0 Å². The fraction of sp³-hybridized carbons (Fsp3) is 0.947. The highest BCUT2D eigenvalue weighted by Gasteiger charge is 2.19. The lowest BCUT2D eigenvalue weighted by Gasteiger charge is -2.18. The summed E-state index contributed by atoms with van der Waals surface area (Å²) in [6.45, 7) is 11.4. The van der Waals surface area contributed by atoms with Crippen LogP contribution >= 0.6 is 0 Å².